The number of benzene rings is 2. The molecule has 2 nitrogen and oxygen atoms in total. The summed E-state index contributed by atoms with van der Waals surface area (Å²) in [5.41, 5.74) is 0. The third-order valence-corrected chi connectivity index (χ3v) is 9.87. The van der Waals surface area contributed by atoms with Crippen LogP contribution in [0.3, 0.4) is 0 Å². The van der Waals surface area contributed by atoms with Crippen molar-refractivity contribution >= 4 is 18.7 Å². The van der Waals surface area contributed by atoms with Crippen LogP contribution in [0.15, 0.2) is 60.7 Å². The first kappa shape index (κ1) is 18.9. The first-order valence-corrected chi connectivity index (χ1v) is 10.7. The molecule has 2 rings (SSSR count). The maximum absolute atomic E-state index is 10.3. The molecule has 0 aliphatic carbocycles. The molecule has 1 N–H and O–H groups in total. The van der Waals surface area contributed by atoms with E-state index in [1.807, 2.05) is 26.0 Å². The van der Waals surface area contributed by atoms with E-state index in [1.165, 1.54) is 10.4 Å². The Morgan fingerprint density at radius 1 is 0.917 bits per heavy atom. The molecule has 130 valence electrons. The lowest BCUT2D eigenvalue weighted by molar-refractivity contribution is 0.0391. The van der Waals surface area contributed by atoms with E-state index in [1.54, 1.807) is 0 Å². The minimum atomic E-state index is -2.55. The summed E-state index contributed by atoms with van der Waals surface area (Å²) in [6.45, 7) is 10.8. The molecule has 3 heteroatoms. The molecule has 0 aromatic heterocycles. The molecule has 0 aliphatic heterocycles. The van der Waals surface area contributed by atoms with Crippen molar-refractivity contribution in [3.05, 3.63) is 60.7 Å². The molecule has 0 saturated heterocycles. The van der Waals surface area contributed by atoms with E-state index in [0.717, 1.165) is 0 Å². The molecule has 0 saturated carbocycles. The highest BCUT2D eigenvalue weighted by atomic mass is 28.4. The van der Waals surface area contributed by atoms with Crippen LogP contribution in [0, 0.1) is 0 Å². The maximum atomic E-state index is 10.3. The average Bonchev–Trinajstić information content (AvgIpc) is 2.59. The van der Waals surface area contributed by atoms with Crippen LogP contribution < -0.4 is 10.4 Å². The molecule has 0 unspecified atom stereocenters. The van der Waals surface area contributed by atoms with Gasteiger partial charge < -0.3 is 9.53 Å². The third-order valence-electron chi connectivity index (χ3n) is 4.74. The van der Waals surface area contributed by atoms with Crippen LogP contribution in [0.2, 0.25) is 5.04 Å². The highest BCUT2D eigenvalue weighted by Crippen LogP contribution is 2.37. The Morgan fingerprint density at radius 3 is 1.67 bits per heavy atom. The van der Waals surface area contributed by atoms with E-state index >= 15 is 0 Å². The van der Waals surface area contributed by atoms with Crippen LogP contribution in [0.4, 0.5) is 0 Å². The SMILES string of the molecule is CC[C@H](O)[C@@H](C)O[Si](c1ccccc1)(c1ccccc1)C(C)(C)C. The van der Waals surface area contributed by atoms with Gasteiger partial charge in [0.1, 0.15) is 0 Å². The number of rotatable bonds is 6. The second-order valence-electron chi connectivity index (χ2n) is 7.46. The van der Waals surface area contributed by atoms with Gasteiger partial charge in [-0.2, -0.15) is 0 Å². The second-order valence-corrected chi connectivity index (χ2v) is 11.7. The molecule has 2 aromatic rings. The fourth-order valence-electron chi connectivity index (χ4n) is 3.38. The largest absolute Gasteiger partial charge is 0.402 e. The first-order chi connectivity index (χ1) is 11.3. The van der Waals surface area contributed by atoms with Gasteiger partial charge in [0.15, 0.2) is 0 Å². The van der Waals surface area contributed by atoms with Crippen molar-refractivity contribution in [2.45, 2.75) is 58.3 Å². The van der Waals surface area contributed by atoms with Gasteiger partial charge in [-0.05, 0) is 28.8 Å². The van der Waals surface area contributed by atoms with E-state index in [4.69, 9.17) is 4.43 Å². The Hall–Kier alpha value is -1.42. The Balaban J connectivity index is 2.66. The van der Waals surface area contributed by atoms with Crippen LogP contribution in [0.1, 0.15) is 41.0 Å². The van der Waals surface area contributed by atoms with E-state index in [0.29, 0.717) is 6.42 Å². The summed E-state index contributed by atoms with van der Waals surface area (Å²) in [6, 6.07) is 21.1. The summed E-state index contributed by atoms with van der Waals surface area (Å²) in [7, 11) is -2.55. The lowest BCUT2D eigenvalue weighted by Crippen LogP contribution is -2.68. The van der Waals surface area contributed by atoms with Gasteiger partial charge >= 0.3 is 0 Å². The quantitative estimate of drug-likeness (QED) is 0.811. The Morgan fingerprint density at radius 2 is 1.33 bits per heavy atom. The zero-order chi connectivity index (χ0) is 17.8. The second kappa shape index (κ2) is 7.64. The number of aliphatic hydroxyl groups is 1. The summed E-state index contributed by atoms with van der Waals surface area (Å²) < 4.78 is 6.82. The van der Waals surface area contributed by atoms with Crippen molar-refractivity contribution in [2.75, 3.05) is 0 Å². The Kier molecular flexibility index (Phi) is 6.02. The van der Waals surface area contributed by atoms with Crippen LogP contribution in [-0.2, 0) is 4.43 Å². The lowest BCUT2D eigenvalue weighted by Gasteiger charge is -2.45. The minimum Gasteiger partial charge on any atom is -0.402 e. The highest BCUT2D eigenvalue weighted by molar-refractivity contribution is 6.99. The summed E-state index contributed by atoms with van der Waals surface area (Å²) >= 11 is 0. The molecule has 2 atom stereocenters. The monoisotopic (exact) mass is 342 g/mol. The molecule has 24 heavy (non-hydrogen) atoms. The topological polar surface area (TPSA) is 29.5 Å². The van der Waals surface area contributed by atoms with Gasteiger partial charge in [-0.15, -0.1) is 0 Å². The predicted molar refractivity (Wildman–Crippen MR) is 104 cm³/mol. The van der Waals surface area contributed by atoms with E-state index in [-0.39, 0.29) is 11.1 Å². The van der Waals surface area contributed by atoms with E-state index < -0.39 is 14.4 Å². The van der Waals surface area contributed by atoms with Gasteiger partial charge in [0.25, 0.3) is 8.32 Å². The zero-order valence-corrected chi connectivity index (χ0v) is 16.5. The fraction of sp³-hybridized carbons (Fsp3) is 0.429. The van der Waals surface area contributed by atoms with Crippen molar-refractivity contribution < 1.29 is 9.53 Å². The molecule has 0 aliphatic rings. The third kappa shape index (κ3) is 3.64. The highest BCUT2D eigenvalue weighted by Gasteiger charge is 2.51. The van der Waals surface area contributed by atoms with Gasteiger partial charge in [0.2, 0.25) is 0 Å². The molecule has 0 radical (unpaired) electrons. The molecule has 0 fully saturated rings. The summed E-state index contributed by atoms with van der Waals surface area (Å²) in [5.74, 6) is 0. The van der Waals surface area contributed by atoms with Gasteiger partial charge in [0, 0.05) is 0 Å². The number of aliphatic hydroxyl groups excluding tert-OH is 1. The molecule has 0 bridgehead atoms. The van der Waals surface area contributed by atoms with Gasteiger partial charge in [-0.25, -0.2) is 0 Å². The summed E-state index contributed by atoms with van der Waals surface area (Å²) in [5, 5.41) is 12.8. The minimum absolute atomic E-state index is 0.0581. The lowest BCUT2D eigenvalue weighted by atomic mass is 10.2. The molecule has 2 aromatic carbocycles. The summed E-state index contributed by atoms with van der Waals surface area (Å²) in [4.78, 5) is 0. The molecule has 0 spiro atoms. The van der Waals surface area contributed by atoms with Gasteiger partial charge in [-0.3, -0.25) is 0 Å². The Labute approximate surface area is 147 Å². The van der Waals surface area contributed by atoms with Crippen LogP contribution >= 0.6 is 0 Å². The zero-order valence-electron chi connectivity index (χ0n) is 15.5. The molecule has 0 amide bonds. The normalized spacial score (nSPS) is 15.1. The van der Waals surface area contributed by atoms with Crippen molar-refractivity contribution in [3.63, 3.8) is 0 Å². The van der Waals surface area contributed by atoms with Gasteiger partial charge in [0.05, 0.1) is 12.2 Å². The average molecular weight is 343 g/mol. The predicted octanol–water partition coefficient (Wildman–Crippen LogP) is 3.72. The van der Waals surface area contributed by atoms with Crippen LogP contribution in [0.5, 0.6) is 0 Å². The van der Waals surface area contributed by atoms with Gasteiger partial charge in [-0.1, -0.05) is 88.4 Å². The van der Waals surface area contributed by atoms with E-state index in [2.05, 4.69) is 69.3 Å². The van der Waals surface area contributed by atoms with Crippen LogP contribution in [-0.4, -0.2) is 25.6 Å². The molecule has 0 heterocycles. The molecular formula is C21H30O2Si. The number of hydrogen-bond donors (Lipinski definition) is 1. The smallest absolute Gasteiger partial charge is 0.261 e. The van der Waals surface area contributed by atoms with Crippen molar-refractivity contribution in [3.8, 4) is 0 Å². The van der Waals surface area contributed by atoms with Crippen molar-refractivity contribution in [1.29, 1.82) is 0 Å². The standard InChI is InChI=1S/C21H30O2Si/c1-6-20(22)17(2)23-24(21(3,4)5,18-13-9-7-10-14-18)19-15-11-8-12-16-19/h7-17,20,22H,6H2,1-5H3/t17-,20+/m1/s1. The van der Waals surface area contributed by atoms with E-state index in [9.17, 15) is 5.11 Å². The Bertz CT molecular complexity index is 580. The summed E-state index contributed by atoms with van der Waals surface area (Å²) in [6.07, 6.45) is 0.0345. The number of hydrogen-bond acceptors (Lipinski definition) is 2. The van der Waals surface area contributed by atoms with Crippen molar-refractivity contribution in [2.24, 2.45) is 0 Å². The fourth-order valence-corrected chi connectivity index (χ4v) is 8.11. The van der Waals surface area contributed by atoms with Crippen LogP contribution in [0.25, 0.3) is 0 Å². The first-order valence-electron chi connectivity index (χ1n) is 8.80. The maximum Gasteiger partial charge on any atom is 0.261 e. The molecular weight excluding hydrogens is 312 g/mol. The van der Waals surface area contributed by atoms with Crippen molar-refractivity contribution in [1.82, 2.24) is 0 Å².